The minimum Gasteiger partial charge on any atom is -0.497 e. The van der Waals surface area contributed by atoms with Gasteiger partial charge in [0.25, 0.3) is 0 Å². The maximum atomic E-state index is 12.2. The Balaban J connectivity index is 1.56. The number of benzene rings is 2. The summed E-state index contributed by atoms with van der Waals surface area (Å²) in [6, 6.07) is 13.1. The Labute approximate surface area is 157 Å². The summed E-state index contributed by atoms with van der Waals surface area (Å²) in [5.41, 5.74) is 3.25. The Bertz CT molecular complexity index is 962. The first-order chi connectivity index (χ1) is 13.1. The summed E-state index contributed by atoms with van der Waals surface area (Å²) in [5.74, 6) is 0.190. The van der Waals surface area contributed by atoms with Crippen LogP contribution < -0.4 is 15.4 Å². The monoisotopic (exact) mass is 366 g/mol. The van der Waals surface area contributed by atoms with Crippen molar-refractivity contribution in [2.24, 2.45) is 0 Å². The Morgan fingerprint density at radius 2 is 1.89 bits per heavy atom. The fraction of sp³-hybridized carbons (Fsp3) is 0.238. The first-order valence-corrected chi connectivity index (χ1v) is 8.79. The summed E-state index contributed by atoms with van der Waals surface area (Å²) in [4.78, 5) is 24.3. The molecule has 0 bridgehead atoms. The minimum atomic E-state index is -0.258. The third-order valence-corrected chi connectivity index (χ3v) is 4.33. The van der Waals surface area contributed by atoms with Crippen LogP contribution in [-0.4, -0.2) is 25.5 Å². The Kier molecular flexibility index (Phi) is 5.76. The molecule has 0 fully saturated rings. The van der Waals surface area contributed by atoms with Crippen LogP contribution in [0.25, 0.3) is 11.0 Å². The molecular formula is C21H22N2O4. The number of amides is 2. The summed E-state index contributed by atoms with van der Waals surface area (Å²) in [7, 11) is 1.59. The molecule has 0 atom stereocenters. The fourth-order valence-electron chi connectivity index (χ4n) is 2.89. The maximum absolute atomic E-state index is 12.2. The number of fused-ring (bicyclic) bond motifs is 1. The van der Waals surface area contributed by atoms with Gasteiger partial charge in [0.15, 0.2) is 0 Å². The van der Waals surface area contributed by atoms with Crippen LogP contribution in [-0.2, 0) is 22.4 Å². The molecule has 27 heavy (non-hydrogen) atoms. The van der Waals surface area contributed by atoms with E-state index in [2.05, 4.69) is 10.6 Å². The maximum Gasteiger partial charge on any atom is 0.243 e. The van der Waals surface area contributed by atoms with E-state index in [0.29, 0.717) is 11.3 Å². The Hall–Kier alpha value is -3.28. The van der Waals surface area contributed by atoms with Gasteiger partial charge in [0, 0.05) is 22.7 Å². The molecule has 2 aromatic carbocycles. The highest BCUT2D eigenvalue weighted by molar-refractivity contribution is 5.96. The van der Waals surface area contributed by atoms with Crippen LogP contribution >= 0.6 is 0 Å². The zero-order valence-corrected chi connectivity index (χ0v) is 15.4. The van der Waals surface area contributed by atoms with Gasteiger partial charge in [-0.3, -0.25) is 9.59 Å². The number of anilines is 1. The lowest BCUT2D eigenvalue weighted by Gasteiger charge is -2.10. The van der Waals surface area contributed by atoms with Gasteiger partial charge in [-0.05, 0) is 30.2 Å². The van der Waals surface area contributed by atoms with Crippen molar-refractivity contribution in [2.45, 2.75) is 19.8 Å². The minimum absolute atomic E-state index is 0.0828. The van der Waals surface area contributed by atoms with Gasteiger partial charge in [0.2, 0.25) is 11.8 Å². The lowest BCUT2D eigenvalue weighted by Crippen LogP contribution is -2.33. The Morgan fingerprint density at radius 1 is 1.07 bits per heavy atom. The lowest BCUT2D eigenvalue weighted by molar-refractivity contribution is -0.123. The second-order valence-corrected chi connectivity index (χ2v) is 6.14. The molecule has 0 saturated carbocycles. The molecule has 2 amide bonds. The number of aryl methyl sites for hydroxylation is 1. The molecule has 0 aliphatic heterocycles. The number of carbonyl (C=O) groups excluding carboxylic acids is 2. The van der Waals surface area contributed by atoms with Crippen LogP contribution in [0, 0.1) is 0 Å². The first kappa shape index (κ1) is 18.5. The molecule has 3 aromatic rings. The van der Waals surface area contributed by atoms with Crippen LogP contribution in [0.1, 0.15) is 18.1 Å². The van der Waals surface area contributed by atoms with Crippen molar-refractivity contribution in [2.75, 3.05) is 19.0 Å². The number of para-hydroxylation sites is 1. The summed E-state index contributed by atoms with van der Waals surface area (Å²) < 4.78 is 10.6. The van der Waals surface area contributed by atoms with Gasteiger partial charge >= 0.3 is 0 Å². The topological polar surface area (TPSA) is 80.6 Å². The van der Waals surface area contributed by atoms with Crippen molar-refractivity contribution >= 4 is 28.5 Å². The highest BCUT2D eigenvalue weighted by Crippen LogP contribution is 2.25. The number of nitrogens with one attached hydrogen (secondary N) is 2. The lowest BCUT2D eigenvalue weighted by atomic mass is 10.1. The van der Waals surface area contributed by atoms with E-state index in [1.807, 2.05) is 43.3 Å². The molecule has 6 nitrogen and oxygen atoms in total. The summed E-state index contributed by atoms with van der Waals surface area (Å²) in [6.07, 6.45) is 2.51. The average Bonchev–Trinajstić information content (AvgIpc) is 3.08. The van der Waals surface area contributed by atoms with Crippen LogP contribution in [0.5, 0.6) is 5.75 Å². The molecule has 0 aliphatic rings. The number of carbonyl (C=O) groups is 2. The zero-order valence-electron chi connectivity index (χ0n) is 15.4. The molecule has 1 heterocycles. The first-order valence-electron chi connectivity index (χ1n) is 8.79. The van der Waals surface area contributed by atoms with Crippen molar-refractivity contribution in [3.05, 3.63) is 59.9 Å². The molecule has 140 valence electrons. The van der Waals surface area contributed by atoms with Gasteiger partial charge in [-0.1, -0.05) is 25.1 Å². The normalized spacial score (nSPS) is 10.6. The molecule has 0 unspecified atom stereocenters. The number of hydrogen-bond acceptors (Lipinski definition) is 4. The molecule has 3 rings (SSSR count). The van der Waals surface area contributed by atoms with E-state index in [1.165, 1.54) is 0 Å². The average molecular weight is 366 g/mol. The summed E-state index contributed by atoms with van der Waals surface area (Å²) >= 11 is 0. The highest BCUT2D eigenvalue weighted by Gasteiger charge is 2.13. The highest BCUT2D eigenvalue weighted by atomic mass is 16.5. The van der Waals surface area contributed by atoms with E-state index < -0.39 is 0 Å². The summed E-state index contributed by atoms with van der Waals surface area (Å²) in [6.45, 7) is 1.94. The van der Waals surface area contributed by atoms with Gasteiger partial charge in [-0.15, -0.1) is 0 Å². The van der Waals surface area contributed by atoms with E-state index in [1.54, 1.807) is 19.4 Å². The van der Waals surface area contributed by atoms with Crippen LogP contribution in [0.2, 0.25) is 0 Å². The smallest absolute Gasteiger partial charge is 0.243 e. The van der Waals surface area contributed by atoms with E-state index >= 15 is 0 Å². The number of furan rings is 1. The van der Waals surface area contributed by atoms with Crippen molar-refractivity contribution in [3.8, 4) is 5.75 Å². The SMILES string of the molecule is CCc1ccccc1NC(=O)CNC(=O)Cc1coc2cc(OC)ccc12. The molecule has 0 saturated heterocycles. The van der Waals surface area contributed by atoms with E-state index in [-0.39, 0.29) is 24.8 Å². The van der Waals surface area contributed by atoms with E-state index in [9.17, 15) is 9.59 Å². The van der Waals surface area contributed by atoms with Crippen molar-refractivity contribution < 1.29 is 18.7 Å². The third kappa shape index (κ3) is 4.47. The quantitative estimate of drug-likeness (QED) is 0.672. The number of hydrogen-bond donors (Lipinski definition) is 2. The van der Waals surface area contributed by atoms with Gasteiger partial charge < -0.3 is 19.8 Å². The predicted octanol–water partition coefficient (Wildman–Crippen LogP) is 3.30. The number of rotatable bonds is 7. The van der Waals surface area contributed by atoms with Crippen LogP contribution in [0.3, 0.4) is 0 Å². The summed E-state index contributed by atoms with van der Waals surface area (Å²) in [5, 5.41) is 6.33. The van der Waals surface area contributed by atoms with E-state index in [0.717, 1.165) is 28.6 Å². The number of methoxy groups -OCH3 is 1. The third-order valence-electron chi connectivity index (χ3n) is 4.33. The van der Waals surface area contributed by atoms with Crippen molar-refractivity contribution in [1.82, 2.24) is 5.32 Å². The number of ether oxygens (including phenoxy) is 1. The fourth-order valence-corrected chi connectivity index (χ4v) is 2.89. The molecule has 6 heteroatoms. The van der Waals surface area contributed by atoms with Crippen molar-refractivity contribution in [1.29, 1.82) is 0 Å². The molecule has 0 spiro atoms. The molecule has 1 aromatic heterocycles. The molecule has 0 aliphatic carbocycles. The van der Waals surface area contributed by atoms with Gasteiger partial charge in [0.05, 0.1) is 26.3 Å². The van der Waals surface area contributed by atoms with E-state index in [4.69, 9.17) is 9.15 Å². The van der Waals surface area contributed by atoms with Crippen LogP contribution in [0.15, 0.2) is 53.1 Å². The largest absolute Gasteiger partial charge is 0.497 e. The second-order valence-electron chi connectivity index (χ2n) is 6.14. The molecule has 0 radical (unpaired) electrons. The molecule has 2 N–H and O–H groups in total. The second kappa shape index (κ2) is 8.40. The van der Waals surface area contributed by atoms with Gasteiger partial charge in [-0.2, -0.15) is 0 Å². The van der Waals surface area contributed by atoms with Gasteiger partial charge in [-0.25, -0.2) is 0 Å². The Morgan fingerprint density at radius 3 is 2.67 bits per heavy atom. The molecular weight excluding hydrogens is 344 g/mol. The van der Waals surface area contributed by atoms with Crippen LogP contribution in [0.4, 0.5) is 5.69 Å². The standard InChI is InChI=1S/C21H22N2O4/c1-3-14-6-4-5-7-18(14)23-21(25)12-22-20(24)10-15-13-27-19-11-16(26-2)8-9-17(15)19/h4-9,11,13H,3,10,12H2,1-2H3,(H,22,24)(H,23,25). The predicted molar refractivity (Wildman–Crippen MR) is 104 cm³/mol. The zero-order chi connectivity index (χ0) is 19.2. The van der Waals surface area contributed by atoms with Gasteiger partial charge in [0.1, 0.15) is 11.3 Å². The van der Waals surface area contributed by atoms with Crippen molar-refractivity contribution in [3.63, 3.8) is 0 Å².